The molecule has 0 aliphatic rings. The van der Waals surface area contributed by atoms with E-state index in [0.29, 0.717) is 0 Å². The SMILES string of the molecule is COC(=O)CN(C(=O)OC)[C@@H](C)c1ccc(O[Si](C)(C)C(C)(C)C)cc1. The van der Waals surface area contributed by atoms with Crippen molar-refractivity contribution in [2.24, 2.45) is 0 Å². The van der Waals surface area contributed by atoms with E-state index in [1.165, 1.54) is 19.1 Å². The van der Waals surface area contributed by atoms with Crippen LogP contribution in [0.25, 0.3) is 0 Å². The molecule has 1 aromatic rings. The highest BCUT2D eigenvalue weighted by Gasteiger charge is 2.39. The van der Waals surface area contributed by atoms with Crippen molar-refractivity contribution in [1.82, 2.24) is 4.90 Å². The number of ether oxygens (including phenoxy) is 2. The average Bonchev–Trinajstić information content (AvgIpc) is 2.57. The van der Waals surface area contributed by atoms with Gasteiger partial charge < -0.3 is 13.9 Å². The van der Waals surface area contributed by atoms with E-state index in [2.05, 4.69) is 38.6 Å². The van der Waals surface area contributed by atoms with E-state index in [1.807, 2.05) is 31.2 Å². The maximum absolute atomic E-state index is 12.0. The molecule has 0 N–H and O–H groups in total. The molecule has 0 fully saturated rings. The molecule has 26 heavy (non-hydrogen) atoms. The predicted octanol–water partition coefficient (Wildman–Crippen LogP) is 4.37. The summed E-state index contributed by atoms with van der Waals surface area (Å²) in [6.45, 7) is 12.6. The van der Waals surface area contributed by atoms with E-state index in [4.69, 9.17) is 9.16 Å². The summed E-state index contributed by atoms with van der Waals surface area (Å²) in [6, 6.07) is 7.27. The summed E-state index contributed by atoms with van der Waals surface area (Å²) in [5.41, 5.74) is 0.877. The maximum Gasteiger partial charge on any atom is 0.410 e. The molecule has 0 saturated carbocycles. The second-order valence-electron chi connectivity index (χ2n) is 7.78. The second-order valence-corrected chi connectivity index (χ2v) is 12.5. The Balaban J connectivity index is 2.97. The third-order valence-corrected chi connectivity index (χ3v) is 9.30. The van der Waals surface area contributed by atoms with Crippen LogP contribution in [0.2, 0.25) is 18.1 Å². The van der Waals surface area contributed by atoms with E-state index in [0.717, 1.165) is 11.3 Å². The van der Waals surface area contributed by atoms with Gasteiger partial charge in [-0.2, -0.15) is 0 Å². The Morgan fingerprint density at radius 1 is 1.08 bits per heavy atom. The van der Waals surface area contributed by atoms with Crippen LogP contribution in [-0.4, -0.2) is 46.0 Å². The lowest BCUT2D eigenvalue weighted by Crippen LogP contribution is -2.43. The van der Waals surface area contributed by atoms with E-state index in [9.17, 15) is 9.59 Å². The van der Waals surface area contributed by atoms with Gasteiger partial charge in [0.15, 0.2) is 0 Å². The quantitative estimate of drug-likeness (QED) is 0.541. The van der Waals surface area contributed by atoms with Crippen LogP contribution < -0.4 is 4.43 Å². The molecule has 0 saturated heterocycles. The summed E-state index contributed by atoms with van der Waals surface area (Å²) in [5, 5.41) is 0.112. The Morgan fingerprint density at radius 3 is 2.04 bits per heavy atom. The van der Waals surface area contributed by atoms with Gasteiger partial charge in [-0.3, -0.25) is 9.69 Å². The molecule has 0 aromatic heterocycles. The monoisotopic (exact) mass is 381 g/mol. The fourth-order valence-electron chi connectivity index (χ4n) is 2.12. The van der Waals surface area contributed by atoms with Gasteiger partial charge >= 0.3 is 12.1 Å². The van der Waals surface area contributed by atoms with Gasteiger partial charge in [-0.15, -0.1) is 0 Å². The summed E-state index contributed by atoms with van der Waals surface area (Å²) in [6.07, 6.45) is -0.579. The van der Waals surface area contributed by atoms with E-state index < -0.39 is 20.4 Å². The minimum atomic E-state index is -1.91. The molecule has 0 unspecified atom stereocenters. The van der Waals surface area contributed by atoms with Crippen LogP contribution in [0.4, 0.5) is 4.79 Å². The number of benzene rings is 1. The number of rotatable bonds is 6. The Hall–Kier alpha value is -2.02. The second kappa shape index (κ2) is 8.57. The van der Waals surface area contributed by atoms with Crippen LogP contribution in [0.5, 0.6) is 5.75 Å². The van der Waals surface area contributed by atoms with E-state index >= 15 is 0 Å². The number of methoxy groups -OCH3 is 2. The zero-order chi connectivity index (χ0) is 20.1. The fraction of sp³-hybridized carbons (Fsp3) is 0.579. The highest BCUT2D eigenvalue weighted by molar-refractivity contribution is 6.74. The molecule has 7 heteroatoms. The Bertz CT molecular complexity index is 622. The van der Waals surface area contributed by atoms with Crippen molar-refractivity contribution in [3.8, 4) is 5.75 Å². The van der Waals surface area contributed by atoms with Gasteiger partial charge in [0.2, 0.25) is 8.32 Å². The standard InChI is InChI=1S/C19H31NO5Si/c1-14(20(18(22)24-6)13-17(21)23-5)15-9-11-16(12-10-15)25-26(7,8)19(2,3)4/h9-12,14H,13H2,1-8H3/t14-/m0/s1. The summed E-state index contributed by atoms with van der Waals surface area (Å²) in [7, 11) is 0.666. The lowest BCUT2D eigenvalue weighted by Gasteiger charge is -2.36. The summed E-state index contributed by atoms with van der Waals surface area (Å²) >= 11 is 0. The summed E-state index contributed by atoms with van der Waals surface area (Å²) in [5.74, 6) is 0.310. The number of carbonyl (C=O) groups is 2. The van der Waals surface area contributed by atoms with E-state index in [-0.39, 0.29) is 17.6 Å². The molecular formula is C19H31NO5Si. The zero-order valence-electron chi connectivity index (χ0n) is 17.1. The van der Waals surface area contributed by atoms with Crippen LogP contribution in [0.15, 0.2) is 24.3 Å². The number of carbonyl (C=O) groups excluding carboxylic acids is 2. The van der Waals surface area contributed by atoms with Gasteiger partial charge in [-0.05, 0) is 42.8 Å². The minimum absolute atomic E-state index is 0.112. The third kappa shape index (κ3) is 5.49. The first kappa shape index (κ1) is 22.0. The first-order valence-corrected chi connectivity index (χ1v) is 11.5. The molecule has 1 rings (SSSR count). The number of hydrogen-bond acceptors (Lipinski definition) is 5. The Labute approximate surface area is 157 Å². The van der Waals surface area contributed by atoms with Crippen LogP contribution >= 0.6 is 0 Å². The van der Waals surface area contributed by atoms with Gasteiger partial charge in [0.1, 0.15) is 12.3 Å². The van der Waals surface area contributed by atoms with Crippen molar-refractivity contribution in [1.29, 1.82) is 0 Å². The largest absolute Gasteiger partial charge is 0.544 e. The molecule has 0 spiro atoms. The van der Waals surface area contributed by atoms with Gasteiger partial charge in [0, 0.05) is 0 Å². The smallest absolute Gasteiger partial charge is 0.410 e. The fourth-order valence-corrected chi connectivity index (χ4v) is 3.15. The molecule has 0 bridgehead atoms. The highest BCUT2D eigenvalue weighted by atomic mass is 28.4. The normalized spacial score (nSPS) is 12.9. The molecule has 0 heterocycles. The molecule has 1 aromatic carbocycles. The van der Waals surface area contributed by atoms with Crippen molar-refractivity contribution >= 4 is 20.4 Å². The first-order valence-electron chi connectivity index (χ1n) is 8.63. The molecule has 6 nitrogen and oxygen atoms in total. The van der Waals surface area contributed by atoms with Crippen molar-refractivity contribution < 1.29 is 23.5 Å². The lowest BCUT2D eigenvalue weighted by atomic mass is 10.1. The Kier molecular flexibility index (Phi) is 7.26. The van der Waals surface area contributed by atoms with Crippen LogP contribution in [-0.2, 0) is 14.3 Å². The maximum atomic E-state index is 12.0. The predicted molar refractivity (Wildman–Crippen MR) is 104 cm³/mol. The minimum Gasteiger partial charge on any atom is -0.544 e. The first-order chi connectivity index (χ1) is 11.9. The van der Waals surface area contributed by atoms with Crippen molar-refractivity contribution in [3.63, 3.8) is 0 Å². The van der Waals surface area contributed by atoms with Crippen LogP contribution in [0.1, 0.15) is 39.3 Å². The van der Waals surface area contributed by atoms with E-state index in [1.54, 1.807) is 0 Å². The Morgan fingerprint density at radius 2 is 1.62 bits per heavy atom. The van der Waals surface area contributed by atoms with Gasteiger partial charge in [-0.25, -0.2) is 4.79 Å². The van der Waals surface area contributed by atoms with Gasteiger partial charge in [0.05, 0.1) is 20.3 Å². The van der Waals surface area contributed by atoms with Crippen LogP contribution in [0.3, 0.4) is 0 Å². The average molecular weight is 382 g/mol. The molecule has 1 amide bonds. The molecule has 0 aliphatic heterocycles. The lowest BCUT2D eigenvalue weighted by molar-refractivity contribution is -0.142. The molecule has 0 aliphatic carbocycles. The van der Waals surface area contributed by atoms with Crippen molar-refractivity contribution in [2.75, 3.05) is 20.8 Å². The molecule has 1 atom stereocenters. The van der Waals surface area contributed by atoms with Gasteiger partial charge in [-0.1, -0.05) is 32.9 Å². The number of hydrogen-bond donors (Lipinski definition) is 0. The highest BCUT2D eigenvalue weighted by Crippen LogP contribution is 2.37. The van der Waals surface area contributed by atoms with Crippen molar-refractivity contribution in [2.45, 2.75) is 51.9 Å². The number of amides is 1. The zero-order valence-corrected chi connectivity index (χ0v) is 18.1. The number of esters is 1. The summed E-state index contributed by atoms with van der Waals surface area (Å²) < 4.78 is 15.7. The molecular weight excluding hydrogens is 350 g/mol. The summed E-state index contributed by atoms with van der Waals surface area (Å²) in [4.78, 5) is 24.9. The van der Waals surface area contributed by atoms with Crippen LogP contribution in [0, 0.1) is 0 Å². The van der Waals surface area contributed by atoms with Crippen molar-refractivity contribution in [3.05, 3.63) is 29.8 Å². The molecule has 0 radical (unpaired) electrons. The number of nitrogens with zero attached hydrogens (tertiary/aromatic N) is 1. The molecule has 146 valence electrons. The third-order valence-electron chi connectivity index (χ3n) is 4.95. The topological polar surface area (TPSA) is 65.1 Å². The van der Waals surface area contributed by atoms with Gasteiger partial charge in [0.25, 0.3) is 0 Å².